The van der Waals surface area contributed by atoms with E-state index in [9.17, 15) is 0 Å². The molecule has 0 radical (unpaired) electrons. The van der Waals surface area contributed by atoms with Crippen LogP contribution in [0.3, 0.4) is 0 Å². The minimum absolute atomic E-state index is 0.317. The third kappa shape index (κ3) is 3.89. The number of rotatable bonds is 6. The molecule has 0 amide bonds. The smallest absolute Gasteiger partial charge is 0.110 e. The monoisotopic (exact) mass is 228 g/mol. The van der Waals surface area contributed by atoms with Gasteiger partial charge in [0.2, 0.25) is 0 Å². The van der Waals surface area contributed by atoms with Crippen molar-refractivity contribution in [1.82, 2.24) is 10.3 Å². The van der Waals surface area contributed by atoms with Gasteiger partial charge in [-0.2, -0.15) is 0 Å². The molecule has 0 spiro atoms. The lowest BCUT2D eigenvalue weighted by Gasteiger charge is -2.10. The fourth-order valence-electron chi connectivity index (χ4n) is 1.23. The van der Waals surface area contributed by atoms with Gasteiger partial charge < -0.3 is 10.1 Å². The second kappa shape index (κ2) is 6.20. The van der Waals surface area contributed by atoms with Crippen LogP contribution in [0.25, 0.3) is 0 Å². The van der Waals surface area contributed by atoms with Gasteiger partial charge in [-0.05, 0) is 12.8 Å². The molecule has 4 heteroatoms. The van der Waals surface area contributed by atoms with Crippen LogP contribution in [-0.2, 0) is 4.74 Å². The first kappa shape index (κ1) is 12.6. The van der Waals surface area contributed by atoms with E-state index in [1.54, 1.807) is 18.4 Å². The molecule has 1 aromatic heterocycles. The van der Waals surface area contributed by atoms with E-state index < -0.39 is 0 Å². The molecule has 0 fully saturated rings. The molecule has 1 rings (SSSR count). The van der Waals surface area contributed by atoms with Crippen LogP contribution in [0.15, 0.2) is 5.38 Å². The molecule has 15 heavy (non-hydrogen) atoms. The average Bonchev–Trinajstić information content (AvgIpc) is 2.66. The van der Waals surface area contributed by atoms with Crippen LogP contribution < -0.4 is 5.32 Å². The molecule has 0 aromatic carbocycles. The lowest BCUT2D eigenvalue weighted by molar-refractivity contribution is 0.196. The molecule has 1 N–H and O–H groups in total. The van der Waals surface area contributed by atoms with Crippen molar-refractivity contribution in [2.75, 3.05) is 20.3 Å². The number of aromatic nitrogens is 1. The zero-order valence-electron chi connectivity index (χ0n) is 9.91. The molecule has 0 aliphatic rings. The van der Waals surface area contributed by atoms with Crippen LogP contribution in [0.1, 0.15) is 43.4 Å². The minimum atomic E-state index is 0.317. The van der Waals surface area contributed by atoms with Crippen molar-refractivity contribution in [1.29, 1.82) is 0 Å². The van der Waals surface area contributed by atoms with Gasteiger partial charge in [0.05, 0.1) is 18.3 Å². The Hall–Kier alpha value is -0.450. The Kier molecular flexibility index (Phi) is 5.22. The summed E-state index contributed by atoms with van der Waals surface area (Å²) in [6.45, 7) is 8.09. The summed E-state index contributed by atoms with van der Waals surface area (Å²) in [6, 6.07) is 0.317. The Labute approximate surface area is 95.9 Å². The largest absolute Gasteiger partial charge is 0.383 e. The quantitative estimate of drug-likeness (QED) is 0.760. The lowest BCUT2D eigenvalue weighted by Crippen LogP contribution is -2.22. The van der Waals surface area contributed by atoms with E-state index in [0.29, 0.717) is 12.0 Å². The second-order valence-electron chi connectivity index (χ2n) is 3.93. The Bertz CT molecular complexity index is 286. The zero-order chi connectivity index (χ0) is 11.3. The average molecular weight is 228 g/mol. The summed E-state index contributed by atoms with van der Waals surface area (Å²) in [7, 11) is 1.71. The van der Waals surface area contributed by atoms with E-state index in [1.807, 2.05) is 0 Å². The van der Waals surface area contributed by atoms with Gasteiger partial charge in [0.15, 0.2) is 0 Å². The van der Waals surface area contributed by atoms with E-state index in [1.165, 1.54) is 5.69 Å². The molecular weight excluding hydrogens is 208 g/mol. The van der Waals surface area contributed by atoms with E-state index in [-0.39, 0.29) is 0 Å². The summed E-state index contributed by atoms with van der Waals surface area (Å²) in [5, 5.41) is 6.68. The Morgan fingerprint density at radius 2 is 2.20 bits per heavy atom. The topological polar surface area (TPSA) is 34.1 Å². The fraction of sp³-hybridized carbons (Fsp3) is 0.727. The number of nitrogens with one attached hydrogen (secondary N) is 1. The summed E-state index contributed by atoms with van der Waals surface area (Å²) in [5.41, 5.74) is 1.19. The summed E-state index contributed by atoms with van der Waals surface area (Å²) in [6.07, 6.45) is 0. The molecular formula is C11H20N2OS. The second-order valence-corrected chi connectivity index (χ2v) is 4.82. The normalized spacial score (nSPS) is 13.4. The number of methoxy groups -OCH3 is 1. The molecule has 0 saturated heterocycles. The van der Waals surface area contributed by atoms with Crippen molar-refractivity contribution < 1.29 is 4.74 Å². The van der Waals surface area contributed by atoms with Crippen molar-refractivity contribution in [2.45, 2.75) is 32.7 Å². The predicted molar refractivity (Wildman–Crippen MR) is 64.5 cm³/mol. The fourth-order valence-corrected chi connectivity index (χ4v) is 2.24. The molecule has 1 atom stereocenters. The van der Waals surface area contributed by atoms with Crippen molar-refractivity contribution in [3.05, 3.63) is 16.1 Å². The maximum Gasteiger partial charge on any atom is 0.110 e. The highest BCUT2D eigenvalue weighted by Gasteiger charge is 2.11. The van der Waals surface area contributed by atoms with Gasteiger partial charge in [0.1, 0.15) is 5.01 Å². The maximum absolute atomic E-state index is 4.99. The van der Waals surface area contributed by atoms with Crippen molar-refractivity contribution in [3.63, 3.8) is 0 Å². The van der Waals surface area contributed by atoms with E-state index in [4.69, 9.17) is 4.74 Å². The van der Waals surface area contributed by atoms with Crippen molar-refractivity contribution in [3.8, 4) is 0 Å². The SMILES string of the molecule is COCCNC(C)c1nc(C(C)C)cs1. The highest BCUT2D eigenvalue weighted by molar-refractivity contribution is 7.09. The molecule has 1 aromatic rings. The van der Waals surface area contributed by atoms with Gasteiger partial charge in [0, 0.05) is 19.0 Å². The van der Waals surface area contributed by atoms with Gasteiger partial charge in [0.25, 0.3) is 0 Å². The van der Waals surface area contributed by atoms with Gasteiger partial charge in [-0.15, -0.1) is 11.3 Å². The highest BCUT2D eigenvalue weighted by atomic mass is 32.1. The zero-order valence-corrected chi connectivity index (χ0v) is 10.7. The van der Waals surface area contributed by atoms with E-state index >= 15 is 0 Å². The van der Waals surface area contributed by atoms with Crippen LogP contribution in [0.2, 0.25) is 0 Å². The Morgan fingerprint density at radius 1 is 1.47 bits per heavy atom. The standard InChI is InChI=1S/C11H20N2OS/c1-8(2)10-7-15-11(13-10)9(3)12-5-6-14-4/h7-9,12H,5-6H2,1-4H3. The molecule has 86 valence electrons. The molecule has 0 aliphatic carbocycles. The molecule has 0 bridgehead atoms. The first-order valence-electron chi connectivity index (χ1n) is 5.32. The number of thiazole rings is 1. The first-order valence-corrected chi connectivity index (χ1v) is 6.20. The Morgan fingerprint density at radius 3 is 2.73 bits per heavy atom. The lowest BCUT2D eigenvalue weighted by atomic mass is 10.2. The number of nitrogens with zero attached hydrogens (tertiary/aromatic N) is 1. The van der Waals surface area contributed by atoms with Crippen LogP contribution in [0.5, 0.6) is 0 Å². The van der Waals surface area contributed by atoms with E-state index in [0.717, 1.165) is 18.2 Å². The van der Waals surface area contributed by atoms with Crippen LogP contribution in [-0.4, -0.2) is 25.2 Å². The first-order chi connectivity index (χ1) is 7.15. The molecule has 1 unspecified atom stereocenters. The van der Waals surface area contributed by atoms with Crippen LogP contribution in [0.4, 0.5) is 0 Å². The van der Waals surface area contributed by atoms with E-state index in [2.05, 4.69) is 36.5 Å². The molecule has 3 nitrogen and oxygen atoms in total. The third-order valence-corrected chi connectivity index (χ3v) is 3.30. The number of ether oxygens (including phenoxy) is 1. The van der Waals surface area contributed by atoms with Gasteiger partial charge in [-0.1, -0.05) is 13.8 Å². The minimum Gasteiger partial charge on any atom is -0.383 e. The third-order valence-electron chi connectivity index (χ3n) is 2.26. The van der Waals surface area contributed by atoms with Crippen molar-refractivity contribution >= 4 is 11.3 Å². The summed E-state index contributed by atoms with van der Waals surface area (Å²) in [5.74, 6) is 0.515. The highest BCUT2D eigenvalue weighted by Crippen LogP contribution is 2.22. The molecule has 0 saturated carbocycles. The summed E-state index contributed by atoms with van der Waals surface area (Å²) in [4.78, 5) is 4.60. The number of hydrogen-bond donors (Lipinski definition) is 1. The summed E-state index contributed by atoms with van der Waals surface area (Å²) >= 11 is 1.73. The van der Waals surface area contributed by atoms with Gasteiger partial charge in [-0.25, -0.2) is 4.98 Å². The van der Waals surface area contributed by atoms with Gasteiger partial charge >= 0.3 is 0 Å². The molecule has 0 aliphatic heterocycles. The predicted octanol–water partition coefficient (Wildman–Crippen LogP) is 2.56. The van der Waals surface area contributed by atoms with Crippen molar-refractivity contribution in [2.24, 2.45) is 0 Å². The number of hydrogen-bond acceptors (Lipinski definition) is 4. The molecule has 1 heterocycles. The van der Waals surface area contributed by atoms with Crippen LogP contribution in [0, 0.1) is 0 Å². The Balaban J connectivity index is 2.47. The van der Waals surface area contributed by atoms with Crippen LogP contribution >= 0.6 is 11.3 Å². The maximum atomic E-state index is 4.99. The summed E-state index contributed by atoms with van der Waals surface area (Å²) < 4.78 is 4.99. The van der Waals surface area contributed by atoms with Gasteiger partial charge in [-0.3, -0.25) is 0 Å².